The van der Waals surface area contributed by atoms with Gasteiger partial charge in [-0.2, -0.15) is 0 Å². The van der Waals surface area contributed by atoms with Crippen LogP contribution in [-0.4, -0.2) is 55.2 Å². The summed E-state index contributed by atoms with van der Waals surface area (Å²) in [6.07, 6.45) is -1.42. The number of carboxylic acid groups (broad SMARTS) is 1. The highest BCUT2D eigenvalue weighted by atomic mass is 16.7. The van der Waals surface area contributed by atoms with Crippen LogP contribution in [0.1, 0.15) is 0 Å². The second-order valence-electron chi connectivity index (χ2n) is 3.08. The van der Waals surface area contributed by atoms with Crippen LogP contribution in [0, 0.1) is 5.53 Å². The van der Waals surface area contributed by atoms with Crippen molar-refractivity contribution in [2.45, 2.75) is 12.1 Å². The minimum Gasteiger partial charge on any atom is -0.465 e. The number of carbonyl (C=O) groups is 1. The van der Waals surface area contributed by atoms with E-state index in [9.17, 15) is 4.79 Å². The zero-order valence-electron chi connectivity index (χ0n) is 8.29. The van der Waals surface area contributed by atoms with Gasteiger partial charge in [-0.15, -0.1) is 0 Å². The average Bonchev–Trinajstić information content (AvgIpc) is 2.59. The first-order valence-corrected chi connectivity index (χ1v) is 4.34. The van der Waals surface area contributed by atoms with Crippen LogP contribution in [0.15, 0.2) is 5.11 Å². The van der Waals surface area contributed by atoms with Crippen molar-refractivity contribution < 1.29 is 19.4 Å². The second kappa shape index (κ2) is 5.40. The van der Waals surface area contributed by atoms with Crippen molar-refractivity contribution in [3.63, 3.8) is 0 Å². The van der Waals surface area contributed by atoms with Crippen molar-refractivity contribution in [1.29, 1.82) is 5.53 Å². The van der Waals surface area contributed by atoms with Gasteiger partial charge >= 0.3 is 6.09 Å². The summed E-state index contributed by atoms with van der Waals surface area (Å²) in [4.78, 5) is 14.8. The van der Waals surface area contributed by atoms with E-state index in [1.165, 1.54) is 12.0 Å². The molecule has 0 spiro atoms. The van der Waals surface area contributed by atoms with Crippen LogP contribution in [-0.2, 0) is 9.47 Å². The van der Waals surface area contributed by atoms with Crippen molar-refractivity contribution in [3.8, 4) is 0 Å². The van der Waals surface area contributed by atoms with E-state index in [2.05, 4.69) is 10.0 Å². The SMILES string of the molecule is COCOC1CN(C(=O)O)CC1N=[N+]=N. The molecule has 1 heterocycles. The van der Waals surface area contributed by atoms with E-state index in [1.807, 2.05) is 0 Å². The van der Waals surface area contributed by atoms with Gasteiger partial charge < -0.3 is 19.5 Å². The largest absolute Gasteiger partial charge is 0.465 e. The first kappa shape index (κ1) is 11.6. The summed E-state index contributed by atoms with van der Waals surface area (Å²) in [6, 6.07) is -0.422. The molecule has 0 bridgehead atoms. The predicted molar refractivity (Wildman–Crippen MR) is 47.4 cm³/mol. The molecule has 0 radical (unpaired) electrons. The van der Waals surface area contributed by atoms with Crippen LogP contribution in [0.5, 0.6) is 0 Å². The molecule has 1 amide bonds. The van der Waals surface area contributed by atoms with Crippen molar-refractivity contribution >= 4 is 6.09 Å². The minimum atomic E-state index is -1.02. The summed E-state index contributed by atoms with van der Waals surface area (Å²) in [5, 5.41) is 12.4. The fourth-order valence-corrected chi connectivity index (χ4v) is 1.42. The highest BCUT2D eigenvalue weighted by molar-refractivity contribution is 5.65. The molecule has 2 atom stereocenters. The Labute approximate surface area is 86.0 Å². The summed E-state index contributed by atoms with van der Waals surface area (Å²) in [6.45, 7) is 0.497. The van der Waals surface area contributed by atoms with Gasteiger partial charge in [-0.1, -0.05) is 0 Å². The number of methoxy groups -OCH3 is 1. The smallest absolute Gasteiger partial charge is 0.407 e. The van der Waals surface area contributed by atoms with Crippen LogP contribution in [0.2, 0.25) is 0 Å². The van der Waals surface area contributed by atoms with E-state index < -0.39 is 18.2 Å². The normalized spacial score (nSPS) is 25.0. The maximum Gasteiger partial charge on any atom is 0.407 e. The van der Waals surface area contributed by atoms with E-state index in [0.717, 1.165) is 0 Å². The van der Waals surface area contributed by atoms with Crippen molar-refractivity contribution in [1.82, 2.24) is 9.81 Å². The topological polar surface area (TPSA) is 109 Å². The Hall–Kier alpha value is -1.50. The Morgan fingerprint density at radius 1 is 1.73 bits per heavy atom. The quantitative estimate of drug-likeness (QED) is 0.389. The Morgan fingerprint density at radius 2 is 2.47 bits per heavy atom. The molecule has 0 aliphatic carbocycles. The molecule has 2 unspecified atom stereocenters. The summed E-state index contributed by atoms with van der Waals surface area (Å²) in [5.74, 6) is 0. The van der Waals surface area contributed by atoms with E-state index in [1.54, 1.807) is 0 Å². The second-order valence-corrected chi connectivity index (χ2v) is 3.08. The first-order valence-electron chi connectivity index (χ1n) is 4.34. The van der Waals surface area contributed by atoms with E-state index in [0.29, 0.717) is 0 Å². The zero-order valence-corrected chi connectivity index (χ0v) is 8.29. The van der Waals surface area contributed by atoms with Gasteiger partial charge in [-0.3, -0.25) is 0 Å². The Kier molecular flexibility index (Phi) is 4.17. The third-order valence-electron chi connectivity index (χ3n) is 2.11. The molecular formula is C7H13N4O4+. The minimum absolute atomic E-state index is 0.0716. The van der Waals surface area contributed by atoms with Crippen LogP contribution < -0.4 is 4.91 Å². The van der Waals surface area contributed by atoms with Gasteiger partial charge in [0.15, 0.2) is 6.04 Å². The Balaban J connectivity index is 2.58. The average molecular weight is 217 g/mol. The molecule has 84 valence electrons. The predicted octanol–water partition coefficient (Wildman–Crippen LogP) is -0.112. The lowest BCUT2D eigenvalue weighted by Gasteiger charge is -2.12. The van der Waals surface area contributed by atoms with Gasteiger partial charge in [0.05, 0.1) is 13.1 Å². The molecule has 0 aromatic heterocycles. The van der Waals surface area contributed by atoms with Gasteiger partial charge in [-0.25, -0.2) is 4.79 Å². The molecule has 1 aliphatic heterocycles. The van der Waals surface area contributed by atoms with Crippen LogP contribution >= 0.6 is 0 Å². The van der Waals surface area contributed by atoms with Crippen LogP contribution in [0.4, 0.5) is 4.79 Å². The molecule has 0 aromatic carbocycles. The molecule has 15 heavy (non-hydrogen) atoms. The van der Waals surface area contributed by atoms with Gasteiger partial charge in [0.25, 0.3) is 0 Å². The number of ether oxygens (including phenoxy) is 2. The fourth-order valence-electron chi connectivity index (χ4n) is 1.42. The standard InChI is InChI=1S/C7H12N4O4/c1-14-4-15-6-3-11(7(12)13)2-5(6)9-10-8/h5-6,8H,2-4H2,1H3/p+1. The highest BCUT2D eigenvalue weighted by Gasteiger charge is 2.39. The highest BCUT2D eigenvalue weighted by Crippen LogP contribution is 2.16. The number of nitrogens with zero attached hydrogens (tertiary/aromatic N) is 3. The Bertz CT molecular complexity index is 278. The molecular weight excluding hydrogens is 204 g/mol. The number of hydrogen-bond donors (Lipinski definition) is 2. The third kappa shape index (κ3) is 2.98. The number of nitrogens with one attached hydrogen (secondary N) is 1. The Morgan fingerprint density at radius 3 is 3.00 bits per heavy atom. The van der Waals surface area contributed by atoms with Crippen molar-refractivity contribution in [2.24, 2.45) is 5.11 Å². The maximum absolute atomic E-state index is 10.7. The summed E-state index contributed by atoms with van der Waals surface area (Å²) in [5.41, 5.74) is 6.61. The van der Waals surface area contributed by atoms with Gasteiger partial charge in [0, 0.05) is 7.11 Å². The van der Waals surface area contributed by atoms with Crippen molar-refractivity contribution in [2.75, 3.05) is 27.0 Å². The summed E-state index contributed by atoms with van der Waals surface area (Å²) >= 11 is 0. The molecule has 1 aliphatic rings. The maximum atomic E-state index is 10.7. The fraction of sp³-hybridized carbons (Fsp3) is 0.857. The summed E-state index contributed by atoms with van der Waals surface area (Å²) in [7, 11) is 1.48. The van der Waals surface area contributed by atoms with Gasteiger partial charge in [0.2, 0.25) is 4.91 Å². The van der Waals surface area contributed by atoms with E-state index >= 15 is 0 Å². The molecule has 8 heteroatoms. The van der Waals surface area contributed by atoms with Gasteiger partial charge in [-0.05, 0) is 0 Å². The van der Waals surface area contributed by atoms with Gasteiger partial charge in [0.1, 0.15) is 23.5 Å². The zero-order chi connectivity index (χ0) is 11.3. The lowest BCUT2D eigenvalue weighted by molar-refractivity contribution is -0.0710. The third-order valence-corrected chi connectivity index (χ3v) is 2.11. The lowest BCUT2D eigenvalue weighted by Crippen LogP contribution is -2.28. The molecule has 8 nitrogen and oxygen atoms in total. The summed E-state index contributed by atoms with van der Waals surface area (Å²) < 4.78 is 9.95. The number of likely N-dealkylation sites (tertiary alicyclic amines) is 1. The van der Waals surface area contributed by atoms with E-state index in [4.69, 9.17) is 20.1 Å². The molecule has 0 saturated carbocycles. The monoisotopic (exact) mass is 217 g/mol. The van der Waals surface area contributed by atoms with Crippen LogP contribution in [0.3, 0.4) is 0 Å². The van der Waals surface area contributed by atoms with Crippen molar-refractivity contribution in [3.05, 3.63) is 0 Å². The molecule has 1 fully saturated rings. The number of rotatable bonds is 4. The van der Waals surface area contributed by atoms with E-state index in [-0.39, 0.29) is 19.9 Å². The number of amides is 1. The lowest BCUT2D eigenvalue weighted by atomic mass is 10.2. The molecule has 1 saturated heterocycles. The molecule has 1 rings (SSSR count). The molecule has 2 N–H and O–H groups in total. The first-order chi connectivity index (χ1) is 7.19. The van der Waals surface area contributed by atoms with Crippen LogP contribution in [0.25, 0.3) is 0 Å². The number of hydrogen-bond acceptors (Lipinski definition) is 5. The molecule has 0 aromatic rings.